The number of hydrogen-bond donors (Lipinski definition) is 4. The minimum absolute atomic E-state index is 0.0351. The predicted octanol–water partition coefficient (Wildman–Crippen LogP) is 4.97. The van der Waals surface area contributed by atoms with Gasteiger partial charge in [-0.1, -0.05) is 12.1 Å². The van der Waals surface area contributed by atoms with Gasteiger partial charge in [0.25, 0.3) is 20.0 Å². The van der Waals surface area contributed by atoms with E-state index in [9.17, 15) is 45.4 Å². The largest absolute Gasteiger partial charge is 0.505 e. The number of aromatic hydroxyl groups is 1. The normalized spacial score (nSPS) is 11.4. The van der Waals surface area contributed by atoms with Crippen LogP contribution < -0.4 is 23.7 Å². The number of anilines is 2. The summed E-state index contributed by atoms with van der Waals surface area (Å²) in [7, 11) is -6.75. The van der Waals surface area contributed by atoms with Crippen LogP contribution in [0.4, 0.5) is 20.2 Å². The first-order valence-electron chi connectivity index (χ1n) is 12.4. The second-order valence-corrected chi connectivity index (χ2v) is 13.2. The number of nitrogens with one attached hydrogen (secondary N) is 2. The molecule has 0 fully saturated rings. The van der Waals surface area contributed by atoms with E-state index in [1.54, 1.807) is 0 Å². The van der Waals surface area contributed by atoms with Crippen LogP contribution in [0.1, 0.15) is 20.7 Å². The quantitative estimate of drug-likeness (QED) is 0.0921. The van der Waals surface area contributed by atoms with Crippen LogP contribution in [0.25, 0.3) is 0 Å². The Morgan fingerprint density at radius 1 is 0.783 bits per heavy atom. The van der Waals surface area contributed by atoms with Gasteiger partial charge in [0.1, 0.15) is 32.6 Å². The van der Waals surface area contributed by atoms with Gasteiger partial charge in [-0.15, -0.1) is 0 Å². The fourth-order valence-corrected chi connectivity index (χ4v) is 7.21. The molecule has 0 saturated heterocycles. The molecule has 18 heteroatoms. The fourth-order valence-electron chi connectivity index (χ4n) is 3.96. The number of hydrogen-bond acceptors (Lipinski definition) is 10. The zero-order valence-electron chi connectivity index (χ0n) is 23.4. The molecule has 0 aliphatic carbocycles. The monoisotopic (exact) mass is 742 g/mol. The van der Waals surface area contributed by atoms with E-state index in [4.69, 9.17) is 14.2 Å². The summed E-state index contributed by atoms with van der Waals surface area (Å²) in [6.07, 6.45) is 0. The first-order chi connectivity index (χ1) is 21.6. The zero-order chi connectivity index (χ0) is 34.0. The number of carbonyl (C=O) groups is 2. The SMILES string of the molecule is COc1cc(Br)c(S(=O)(=O)Nc2cccc(C(=O)O)c2OC(=O)c2cccc(NS(=O)(=O)c3cc(F)ccc3F)c2O)cc1OC. The number of aromatic carboxylic acids is 1. The van der Waals surface area contributed by atoms with Crippen molar-refractivity contribution in [3.63, 3.8) is 0 Å². The summed E-state index contributed by atoms with van der Waals surface area (Å²) in [6, 6.07) is 10.4. The van der Waals surface area contributed by atoms with Gasteiger partial charge >= 0.3 is 11.9 Å². The molecule has 0 amide bonds. The van der Waals surface area contributed by atoms with Crippen LogP contribution in [0.3, 0.4) is 0 Å². The molecule has 4 aromatic carbocycles. The molecule has 0 bridgehead atoms. The third-order valence-corrected chi connectivity index (χ3v) is 9.80. The van der Waals surface area contributed by atoms with Crippen molar-refractivity contribution in [2.24, 2.45) is 0 Å². The maximum Gasteiger partial charge on any atom is 0.347 e. The van der Waals surface area contributed by atoms with Gasteiger partial charge in [0.2, 0.25) is 0 Å². The van der Waals surface area contributed by atoms with E-state index in [0.717, 1.165) is 36.4 Å². The minimum atomic E-state index is -4.83. The molecule has 46 heavy (non-hydrogen) atoms. The molecule has 4 N–H and O–H groups in total. The lowest BCUT2D eigenvalue weighted by Gasteiger charge is -2.17. The van der Waals surface area contributed by atoms with Gasteiger partial charge in [0.15, 0.2) is 23.0 Å². The Morgan fingerprint density at radius 3 is 1.98 bits per heavy atom. The standard InChI is InChI=1S/C28H21BrF2N2O11S2/c1-42-21-12-17(29)23(13-22(21)43-2)45(38,39)33-20-8-4-6-16(27(35)36)26(20)44-28(37)15-5-3-7-19(25(15)34)32-46(40,41)24-11-14(30)9-10-18(24)31/h3-13,32-34H,1-2H3,(H,35,36). The van der Waals surface area contributed by atoms with E-state index < -0.39 is 82.5 Å². The maximum absolute atomic E-state index is 14.1. The number of ether oxygens (including phenoxy) is 3. The van der Waals surface area contributed by atoms with Gasteiger partial charge < -0.3 is 24.4 Å². The topological polar surface area (TPSA) is 195 Å². The molecular weight excluding hydrogens is 722 g/mol. The molecular formula is C28H21BrF2N2O11S2. The van der Waals surface area contributed by atoms with Crippen molar-refractivity contribution in [1.82, 2.24) is 0 Å². The van der Waals surface area contributed by atoms with Gasteiger partial charge in [0, 0.05) is 10.5 Å². The molecule has 0 heterocycles. The summed E-state index contributed by atoms with van der Waals surface area (Å²) in [5.41, 5.74) is -2.54. The highest BCUT2D eigenvalue weighted by atomic mass is 79.9. The van der Waals surface area contributed by atoms with E-state index in [-0.39, 0.29) is 20.9 Å². The van der Waals surface area contributed by atoms with Gasteiger partial charge in [-0.3, -0.25) is 9.44 Å². The molecule has 0 aromatic heterocycles. The van der Waals surface area contributed by atoms with Gasteiger partial charge in [0.05, 0.1) is 25.6 Å². The van der Waals surface area contributed by atoms with E-state index in [1.807, 2.05) is 4.72 Å². The van der Waals surface area contributed by atoms with Crippen molar-refractivity contribution < 1.29 is 59.6 Å². The predicted molar refractivity (Wildman–Crippen MR) is 162 cm³/mol. The molecule has 0 aliphatic heterocycles. The number of esters is 1. The Balaban J connectivity index is 1.71. The highest BCUT2D eigenvalue weighted by Crippen LogP contribution is 2.39. The number of sulfonamides is 2. The first kappa shape index (κ1) is 33.9. The van der Waals surface area contributed by atoms with Crippen molar-refractivity contribution in [2.45, 2.75) is 9.79 Å². The van der Waals surface area contributed by atoms with Gasteiger partial charge in [-0.05, 0) is 64.5 Å². The fraction of sp³-hybridized carbons (Fsp3) is 0.0714. The molecule has 0 spiro atoms. The van der Waals surface area contributed by atoms with Crippen LogP contribution in [-0.4, -0.2) is 53.2 Å². The molecule has 13 nitrogen and oxygen atoms in total. The average molecular weight is 744 g/mol. The van der Waals surface area contributed by atoms with Crippen molar-refractivity contribution in [2.75, 3.05) is 23.7 Å². The molecule has 0 radical (unpaired) electrons. The van der Waals surface area contributed by atoms with E-state index in [0.29, 0.717) is 18.2 Å². The lowest BCUT2D eigenvalue weighted by atomic mass is 10.1. The highest BCUT2D eigenvalue weighted by molar-refractivity contribution is 9.10. The number of carboxylic acids is 1. The van der Waals surface area contributed by atoms with Crippen LogP contribution in [0.2, 0.25) is 0 Å². The van der Waals surface area contributed by atoms with Crippen LogP contribution >= 0.6 is 15.9 Å². The Kier molecular flexibility index (Phi) is 9.74. The highest BCUT2D eigenvalue weighted by Gasteiger charge is 2.28. The van der Waals surface area contributed by atoms with Crippen LogP contribution in [-0.2, 0) is 20.0 Å². The smallest absolute Gasteiger partial charge is 0.347 e. The summed E-state index contributed by atoms with van der Waals surface area (Å²) in [5.74, 6) is -7.01. The summed E-state index contributed by atoms with van der Waals surface area (Å²) < 4.78 is 99.6. The van der Waals surface area contributed by atoms with E-state index >= 15 is 0 Å². The Labute approximate surface area is 268 Å². The van der Waals surface area contributed by atoms with Crippen molar-refractivity contribution in [3.8, 4) is 23.0 Å². The maximum atomic E-state index is 14.1. The summed E-state index contributed by atoms with van der Waals surface area (Å²) in [5, 5.41) is 20.5. The lowest BCUT2D eigenvalue weighted by molar-refractivity contribution is 0.0681. The van der Waals surface area contributed by atoms with Crippen molar-refractivity contribution in [3.05, 3.63) is 94.0 Å². The third kappa shape index (κ3) is 6.98. The summed E-state index contributed by atoms with van der Waals surface area (Å²) in [4.78, 5) is 23.8. The number of methoxy groups -OCH3 is 2. The van der Waals surface area contributed by atoms with Gasteiger partial charge in [-0.25, -0.2) is 35.2 Å². The van der Waals surface area contributed by atoms with Crippen molar-refractivity contribution >= 4 is 59.3 Å². The van der Waals surface area contributed by atoms with Gasteiger partial charge in [-0.2, -0.15) is 0 Å². The van der Waals surface area contributed by atoms with Crippen LogP contribution in [0.15, 0.2) is 81.0 Å². The number of halogens is 3. The number of carboxylic acid groups (broad SMARTS) is 1. The summed E-state index contributed by atoms with van der Waals surface area (Å²) >= 11 is 3.14. The molecule has 4 aromatic rings. The first-order valence-corrected chi connectivity index (χ1v) is 16.2. The second-order valence-electron chi connectivity index (χ2n) is 9.00. The third-order valence-electron chi connectivity index (χ3n) is 6.10. The number of para-hydroxylation sites is 2. The molecule has 4 rings (SSSR count). The van der Waals surface area contributed by atoms with E-state index in [2.05, 4.69) is 20.7 Å². The molecule has 0 unspecified atom stereocenters. The Hall–Kier alpha value is -4.94. The molecule has 0 atom stereocenters. The van der Waals surface area contributed by atoms with E-state index in [1.165, 1.54) is 26.4 Å². The van der Waals surface area contributed by atoms with Crippen LogP contribution in [0.5, 0.6) is 23.0 Å². The minimum Gasteiger partial charge on any atom is -0.505 e. The molecule has 242 valence electrons. The number of rotatable bonds is 11. The molecule has 0 aliphatic rings. The number of phenols is 1. The lowest BCUT2D eigenvalue weighted by Crippen LogP contribution is -2.18. The number of benzene rings is 4. The molecule has 0 saturated carbocycles. The number of carbonyl (C=O) groups excluding carboxylic acids is 1. The Bertz CT molecular complexity index is 2090. The zero-order valence-corrected chi connectivity index (χ0v) is 26.6. The second kappa shape index (κ2) is 13.2. The number of phenolic OH excluding ortho intramolecular Hbond substituents is 1. The van der Waals surface area contributed by atoms with Crippen LogP contribution in [0, 0.1) is 11.6 Å². The average Bonchev–Trinajstić information content (AvgIpc) is 2.99. The van der Waals surface area contributed by atoms with Crippen molar-refractivity contribution in [1.29, 1.82) is 0 Å². The summed E-state index contributed by atoms with van der Waals surface area (Å²) in [6.45, 7) is 0. The Morgan fingerprint density at radius 2 is 1.35 bits per heavy atom.